The Balaban J connectivity index is 2.82. The smallest absolute Gasteiger partial charge is 0.338 e. The number of aromatic nitrogens is 1. The predicted molar refractivity (Wildman–Crippen MR) is 58.4 cm³/mol. The van der Waals surface area contributed by atoms with E-state index >= 15 is 0 Å². The minimum atomic E-state index is -1.00. The molecular formula is C11H11NO4. The number of ether oxygens (including phenoxy) is 2. The lowest BCUT2D eigenvalue weighted by Gasteiger charge is -2.06. The van der Waals surface area contributed by atoms with Gasteiger partial charge in [0.25, 0.3) is 0 Å². The number of aromatic amines is 1. The summed E-state index contributed by atoms with van der Waals surface area (Å²) in [7, 11) is 3.03. The highest BCUT2D eigenvalue weighted by atomic mass is 16.5. The molecule has 0 aliphatic rings. The lowest BCUT2D eigenvalue weighted by atomic mass is 10.1. The lowest BCUT2D eigenvalue weighted by molar-refractivity contribution is 0.0699. The molecule has 0 amide bonds. The van der Waals surface area contributed by atoms with Gasteiger partial charge in [0.1, 0.15) is 11.5 Å². The summed E-state index contributed by atoms with van der Waals surface area (Å²) in [5.41, 5.74) is 0.796. The Morgan fingerprint density at radius 1 is 1.25 bits per heavy atom. The number of rotatable bonds is 3. The summed E-state index contributed by atoms with van der Waals surface area (Å²) < 4.78 is 10.3. The molecule has 0 bridgehead atoms. The first-order valence-electron chi connectivity index (χ1n) is 4.64. The second-order valence-corrected chi connectivity index (χ2v) is 3.23. The van der Waals surface area contributed by atoms with Crippen LogP contribution in [0.25, 0.3) is 10.9 Å². The van der Waals surface area contributed by atoms with E-state index in [-0.39, 0.29) is 5.56 Å². The number of benzene rings is 1. The van der Waals surface area contributed by atoms with Crippen LogP contribution in [0.5, 0.6) is 11.5 Å². The molecule has 84 valence electrons. The van der Waals surface area contributed by atoms with E-state index in [4.69, 9.17) is 14.6 Å². The largest absolute Gasteiger partial charge is 0.496 e. The van der Waals surface area contributed by atoms with E-state index in [2.05, 4.69) is 4.98 Å². The Kier molecular flexibility index (Phi) is 2.44. The van der Waals surface area contributed by atoms with E-state index in [1.807, 2.05) is 0 Å². The van der Waals surface area contributed by atoms with Crippen molar-refractivity contribution in [3.05, 3.63) is 23.9 Å². The van der Waals surface area contributed by atoms with E-state index in [1.54, 1.807) is 12.1 Å². The Morgan fingerprint density at radius 3 is 2.44 bits per heavy atom. The van der Waals surface area contributed by atoms with Crippen molar-refractivity contribution in [2.45, 2.75) is 0 Å². The molecule has 1 aromatic carbocycles. The number of H-pyrrole nitrogens is 1. The van der Waals surface area contributed by atoms with Gasteiger partial charge in [-0.05, 0) is 12.1 Å². The van der Waals surface area contributed by atoms with Gasteiger partial charge in [0.15, 0.2) is 0 Å². The Labute approximate surface area is 91.6 Å². The van der Waals surface area contributed by atoms with Crippen molar-refractivity contribution in [2.24, 2.45) is 0 Å². The summed E-state index contributed by atoms with van der Waals surface area (Å²) in [5, 5.41) is 9.56. The fourth-order valence-corrected chi connectivity index (χ4v) is 1.70. The maximum atomic E-state index is 11.0. The minimum Gasteiger partial charge on any atom is -0.496 e. The van der Waals surface area contributed by atoms with Crippen LogP contribution in [0.15, 0.2) is 18.3 Å². The highest BCUT2D eigenvalue weighted by Gasteiger charge is 2.17. The molecule has 5 nitrogen and oxygen atoms in total. The third kappa shape index (κ3) is 1.37. The van der Waals surface area contributed by atoms with E-state index in [0.717, 1.165) is 0 Å². The zero-order chi connectivity index (χ0) is 11.7. The Bertz CT molecular complexity index is 544. The summed E-state index contributed by atoms with van der Waals surface area (Å²) >= 11 is 0. The second-order valence-electron chi connectivity index (χ2n) is 3.23. The Hall–Kier alpha value is -2.17. The minimum absolute atomic E-state index is 0.172. The standard InChI is InChI=1S/C11H11NO4/c1-15-7-3-4-8(16-2)10-9(7)6(5-12-10)11(13)14/h3-5,12H,1-2H3,(H,13,14). The first-order valence-corrected chi connectivity index (χ1v) is 4.64. The lowest BCUT2D eigenvalue weighted by Crippen LogP contribution is -1.96. The van der Waals surface area contributed by atoms with Crippen LogP contribution in [-0.2, 0) is 0 Å². The van der Waals surface area contributed by atoms with Crippen LogP contribution in [0.1, 0.15) is 10.4 Å². The van der Waals surface area contributed by atoms with Crippen LogP contribution < -0.4 is 9.47 Å². The highest BCUT2D eigenvalue weighted by Crippen LogP contribution is 2.34. The molecule has 2 rings (SSSR count). The number of carboxylic acids is 1. The first kappa shape index (κ1) is 10.4. The van der Waals surface area contributed by atoms with Crippen molar-refractivity contribution in [1.29, 1.82) is 0 Å². The summed E-state index contributed by atoms with van der Waals surface area (Å²) in [6.45, 7) is 0. The molecular weight excluding hydrogens is 210 g/mol. The molecule has 0 spiro atoms. The van der Waals surface area contributed by atoms with Gasteiger partial charge in [0, 0.05) is 6.20 Å². The average molecular weight is 221 g/mol. The van der Waals surface area contributed by atoms with Gasteiger partial charge in [0.05, 0.1) is 30.7 Å². The molecule has 2 aromatic rings. The van der Waals surface area contributed by atoms with Gasteiger partial charge in [-0.15, -0.1) is 0 Å². The number of nitrogens with one attached hydrogen (secondary N) is 1. The molecule has 0 atom stereocenters. The number of hydrogen-bond donors (Lipinski definition) is 2. The monoisotopic (exact) mass is 221 g/mol. The van der Waals surface area contributed by atoms with Crippen LogP contribution in [0.4, 0.5) is 0 Å². The van der Waals surface area contributed by atoms with E-state index < -0.39 is 5.97 Å². The quantitative estimate of drug-likeness (QED) is 0.830. The molecule has 0 fully saturated rings. The molecule has 5 heteroatoms. The summed E-state index contributed by atoms with van der Waals surface area (Å²) in [5.74, 6) is 0.0931. The van der Waals surface area contributed by atoms with Crippen molar-refractivity contribution in [3.8, 4) is 11.5 Å². The van der Waals surface area contributed by atoms with Gasteiger partial charge in [-0.1, -0.05) is 0 Å². The van der Waals surface area contributed by atoms with Gasteiger partial charge in [-0.2, -0.15) is 0 Å². The van der Waals surface area contributed by atoms with Gasteiger partial charge in [-0.25, -0.2) is 4.79 Å². The molecule has 0 unspecified atom stereocenters. The molecule has 2 N–H and O–H groups in total. The maximum absolute atomic E-state index is 11.0. The zero-order valence-corrected chi connectivity index (χ0v) is 8.90. The van der Waals surface area contributed by atoms with Crippen molar-refractivity contribution in [3.63, 3.8) is 0 Å². The number of aromatic carboxylic acids is 1. The molecule has 1 heterocycles. The number of hydrogen-bond acceptors (Lipinski definition) is 3. The van der Waals surface area contributed by atoms with Gasteiger partial charge < -0.3 is 19.6 Å². The highest BCUT2D eigenvalue weighted by molar-refractivity contribution is 6.07. The maximum Gasteiger partial charge on any atom is 0.338 e. The zero-order valence-electron chi connectivity index (χ0n) is 8.90. The van der Waals surface area contributed by atoms with E-state index in [9.17, 15) is 4.79 Å². The third-order valence-electron chi connectivity index (χ3n) is 2.43. The van der Waals surface area contributed by atoms with E-state index in [1.165, 1.54) is 20.4 Å². The topological polar surface area (TPSA) is 71.6 Å². The molecule has 0 saturated heterocycles. The summed E-state index contributed by atoms with van der Waals surface area (Å²) in [6, 6.07) is 3.41. The van der Waals surface area contributed by atoms with Crippen LogP contribution in [0.3, 0.4) is 0 Å². The third-order valence-corrected chi connectivity index (χ3v) is 2.43. The van der Waals surface area contributed by atoms with Crippen LogP contribution in [-0.4, -0.2) is 30.3 Å². The van der Waals surface area contributed by atoms with Gasteiger partial charge in [-0.3, -0.25) is 0 Å². The van der Waals surface area contributed by atoms with Crippen LogP contribution >= 0.6 is 0 Å². The first-order chi connectivity index (χ1) is 7.69. The average Bonchev–Trinajstić information content (AvgIpc) is 2.72. The molecule has 0 radical (unpaired) electrons. The van der Waals surface area contributed by atoms with Crippen LogP contribution in [0.2, 0.25) is 0 Å². The fourth-order valence-electron chi connectivity index (χ4n) is 1.70. The summed E-state index contributed by atoms with van der Waals surface area (Å²) in [6.07, 6.45) is 1.43. The normalized spacial score (nSPS) is 10.4. The van der Waals surface area contributed by atoms with E-state index in [0.29, 0.717) is 22.4 Å². The number of carboxylic acid groups (broad SMARTS) is 1. The van der Waals surface area contributed by atoms with Crippen molar-refractivity contribution < 1.29 is 19.4 Å². The number of methoxy groups -OCH3 is 2. The van der Waals surface area contributed by atoms with Crippen LogP contribution in [0, 0.1) is 0 Å². The van der Waals surface area contributed by atoms with Crippen molar-refractivity contribution in [1.82, 2.24) is 4.98 Å². The predicted octanol–water partition coefficient (Wildman–Crippen LogP) is 1.88. The SMILES string of the molecule is COc1ccc(OC)c2c(C(=O)O)c[nH]c12. The Morgan fingerprint density at radius 2 is 1.88 bits per heavy atom. The van der Waals surface area contributed by atoms with Gasteiger partial charge in [0.2, 0.25) is 0 Å². The molecule has 0 aliphatic heterocycles. The van der Waals surface area contributed by atoms with Gasteiger partial charge >= 0.3 is 5.97 Å². The molecule has 16 heavy (non-hydrogen) atoms. The van der Waals surface area contributed by atoms with Crippen molar-refractivity contribution in [2.75, 3.05) is 14.2 Å². The molecule has 1 aromatic heterocycles. The summed E-state index contributed by atoms with van der Waals surface area (Å²) in [4.78, 5) is 13.9. The number of carbonyl (C=O) groups is 1. The number of fused-ring (bicyclic) bond motifs is 1. The fraction of sp³-hybridized carbons (Fsp3) is 0.182. The van der Waals surface area contributed by atoms with Crippen molar-refractivity contribution >= 4 is 16.9 Å². The molecule has 0 saturated carbocycles. The molecule has 0 aliphatic carbocycles. The second kappa shape index (κ2) is 3.77.